The van der Waals surface area contributed by atoms with Gasteiger partial charge < -0.3 is 10.1 Å². The Labute approximate surface area is 202 Å². The molecule has 0 spiro atoms. The van der Waals surface area contributed by atoms with E-state index in [4.69, 9.17) is 4.74 Å². The zero-order chi connectivity index (χ0) is 26.9. The Morgan fingerprint density at radius 2 is 1.67 bits per heavy atom. The van der Waals surface area contributed by atoms with Crippen molar-refractivity contribution in [2.45, 2.75) is 51.6 Å². The van der Waals surface area contributed by atoms with Crippen LogP contribution in [0.4, 0.5) is 41.2 Å². The first-order valence-corrected chi connectivity index (χ1v) is 10.9. The Morgan fingerprint density at radius 3 is 2.19 bits per heavy atom. The SMILES string of the molecule is CC=COC(C)(CC)Cc1cn(C(=O)Nc2cc(C(F)(F)F)cc(C(F)(F)F)c2)c2cccc(F)c12. The van der Waals surface area contributed by atoms with Gasteiger partial charge in [-0.25, -0.2) is 9.18 Å². The summed E-state index contributed by atoms with van der Waals surface area (Å²) >= 11 is 0. The van der Waals surface area contributed by atoms with Crippen molar-refractivity contribution >= 4 is 22.6 Å². The van der Waals surface area contributed by atoms with E-state index in [0.717, 1.165) is 4.57 Å². The van der Waals surface area contributed by atoms with Crippen LogP contribution in [0.5, 0.6) is 0 Å². The Morgan fingerprint density at radius 1 is 1.06 bits per heavy atom. The molecule has 3 aromatic rings. The first kappa shape index (κ1) is 27.1. The summed E-state index contributed by atoms with van der Waals surface area (Å²) in [6.45, 7) is 5.40. The summed E-state index contributed by atoms with van der Waals surface area (Å²) in [6.07, 6.45) is -4.99. The van der Waals surface area contributed by atoms with Crippen molar-refractivity contribution < 1.29 is 40.3 Å². The molecule has 1 unspecified atom stereocenters. The van der Waals surface area contributed by atoms with Crippen molar-refractivity contribution in [1.82, 2.24) is 4.57 Å². The molecule has 1 amide bonds. The lowest BCUT2D eigenvalue weighted by molar-refractivity contribution is -0.143. The number of nitrogens with one attached hydrogen (secondary N) is 1. The number of benzene rings is 2. The molecule has 0 fully saturated rings. The molecule has 3 rings (SSSR count). The molecule has 1 atom stereocenters. The van der Waals surface area contributed by atoms with Gasteiger partial charge in [-0.3, -0.25) is 4.57 Å². The predicted octanol–water partition coefficient (Wildman–Crippen LogP) is 8.16. The molecule has 1 N–H and O–H groups in total. The van der Waals surface area contributed by atoms with Crippen molar-refractivity contribution in [3.05, 3.63) is 77.4 Å². The molecule has 0 radical (unpaired) electrons. The minimum absolute atomic E-state index is 0.0372. The molecule has 2 aromatic carbocycles. The molecular formula is C25H23F7N2O2. The summed E-state index contributed by atoms with van der Waals surface area (Å²) in [5.41, 5.74) is -4.15. The molecular weight excluding hydrogens is 493 g/mol. The van der Waals surface area contributed by atoms with Crippen molar-refractivity contribution in [1.29, 1.82) is 0 Å². The zero-order valence-corrected chi connectivity index (χ0v) is 19.5. The van der Waals surface area contributed by atoms with Crippen LogP contribution >= 0.6 is 0 Å². The van der Waals surface area contributed by atoms with Crippen molar-refractivity contribution in [2.75, 3.05) is 5.32 Å². The summed E-state index contributed by atoms with van der Waals surface area (Å²) in [6, 6.07) is 3.66. The highest BCUT2D eigenvalue weighted by Crippen LogP contribution is 2.38. The Bertz CT molecular complexity index is 1260. The van der Waals surface area contributed by atoms with E-state index in [1.807, 2.05) is 6.92 Å². The average Bonchev–Trinajstić information content (AvgIpc) is 3.15. The van der Waals surface area contributed by atoms with Gasteiger partial charge in [-0.05, 0) is 56.2 Å². The number of carbonyl (C=O) groups excluding carboxylic acids is 1. The number of alkyl halides is 6. The van der Waals surface area contributed by atoms with Gasteiger partial charge in [0.1, 0.15) is 11.4 Å². The predicted molar refractivity (Wildman–Crippen MR) is 121 cm³/mol. The minimum Gasteiger partial charge on any atom is -0.495 e. The van der Waals surface area contributed by atoms with Crippen LogP contribution in [-0.4, -0.2) is 16.2 Å². The van der Waals surface area contributed by atoms with Crippen LogP contribution in [-0.2, 0) is 23.5 Å². The van der Waals surface area contributed by atoms with Gasteiger partial charge in [-0.15, -0.1) is 0 Å². The zero-order valence-electron chi connectivity index (χ0n) is 19.5. The lowest BCUT2D eigenvalue weighted by Gasteiger charge is -2.27. The van der Waals surface area contributed by atoms with Crippen molar-refractivity contribution in [3.8, 4) is 0 Å². The number of rotatable bonds is 6. The molecule has 0 aliphatic heterocycles. The number of amides is 1. The Hall–Kier alpha value is -3.50. The van der Waals surface area contributed by atoms with Gasteiger partial charge in [0.05, 0.1) is 22.9 Å². The lowest BCUT2D eigenvalue weighted by atomic mass is 9.93. The third-order valence-corrected chi connectivity index (χ3v) is 5.72. The number of hydrogen-bond donors (Lipinski definition) is 1. The Balaban J connectivity index is 2.06. The van der Waals surface area contributed by atoms with Crippen LogP contribution in [0.2, 0.25) is 0 Å². The van der Waals surface area contributed by atoms with Crippen LogP contribution < -0.4 is 5.32 Å². The Kier molecular flexibility index (Phi) is 7.42. The normalized spacial score (nSPS) is 14.3. The quantitative estimate of drug-likeness (QED) is 0.265. The summed E-state index contributed by atoms with van der Waals surface area (Å²) < 4.78 is 101. The van der Waals surface area contributed by atoms with Gasteiger partial charge in [-0.1, -0.05) is 19.1 Å². The fourth-order valence-corrected chi connectivity index (χ4v) is 3.72. The maximum Gasteiger partial charge on any atom is 0.416 e. The van der Waals surface area contributed by atoms with Gasteiger partial charge in [-0.2, -0.15) is 26.3 Å². The minimum atomic E-state index is -5.07. The van der Waals surface area contributed by atoms with Gasteiger partial charge in [0.2, 0.25) is 0 Å². The van der Waals surface area contributed by atoms with E-state index in [2.05, 4.69) is 5.32 Å². The molecule has 0 aliphatic carbocycles. The van der Waals surface area contributed by atoms with E-state index in [1.165, 1.54) is 30.7 Å². The molecule has 194 valence electrons. The van der Waals surface area contributed by atoms with Crippen LogP contribution in [0.15, 0.2) is 54.9 Å². The molecule has 36 heavy (non-hydrogen) atoms. The number of halogens is 7. The first-order valence-electron chi connectivity index (χ1n) is 10.9. The molecule has 4 nitrogen and oxygen atoms in total. The molecule has 11 heteroatoms. The number of nitrogens with zero attached hydrogens (tertiary/aromatic N) is 1. The van der Waals surface area contributed by atoms with Crippen molar-refractivity contribution in [2.24, 2.45) is 0 Å². The number of aromatic nitrogens is 1. The summed E-state index contributed by atoms with van der Waals surface area (Å²) in [5, 5.41) is 2.17. The number of hydrogen-bond acceptors (Lipinski definition) is 2. The summed E-state index contributed by atoms with van der Waals surface area (Å²) in [5.74, 6) is -0.642. The average molecular weight is 516 g/mol. The number of carbonyl (C=O) groups is 1. The summed E-state index contributed by atoms with van der Waals surface area (Å²) in [4.78, 5) is 13.0. The van der Waals surface area contributed by atoms with E-state index in [-0.39, 0.29) is 23.4 Å². The van der Waals surface area contributed by atoms with E-state index >= 15 is 0 Å². The molecule has 0 saturated carbocycles. The van der Waals surface area contributed by atoms with E-state index < -0.39 is 46.6 Å². The van der Waals surface area contributed by atoms with E-state index in [9.17, 15) is 35.5 Å². The number of anilines is 1. The third-order valence-electron chi connectivity index (χ3n) is 5.72. The fraction of sp³-hybridized carbons (Fsp3) is 0.320. The van der Waals surface area contributed by atoms with Gasteiger partial charge >= 0.3 is 18.4 Å². The van der Waals surface area contributed by atoms with Crippen LogP contribution in [0.25, 0.3) is 10.9 Å². The highest BCUT2D eigenvalue weighted by atomic mass is 19.4. The second kappa shape index (κ2) is 9.87. The third kappa shape index (κ3) is 5.83. The van der Waals surface area contributed by atoms with Crippen LogP contribution in [0, 0.1) is 5.82 Å². The smallest absolute Gasteiger partial charge is 0.416 e. The number of allylic oxidation sites excluding steroid dienone is 1. The second-order valence-electron chi connectivity index (χ2n) is 8.45. The lowest BCUT2D eigenvalue weighted by Crippen LogP contribution is -2.28. The van der Waals surface area contributed by atoms with E-state index in [0.29, 0.717) is 24.1 Å². The van der Waals surface area contributed by atoms with E-state index in [1.54, 1.807) is 19.9 Å². The molecule has 0 aliphatic rings. The van der Waals surface area contributed by atoms with Gasteiger partial charge in [0, 0.05) is 23.7 Å². The maximum absolute atomic E-state index is 14.8. The van der Waals surface area contributed by atoms with Gasteiger partial charge in [0.25, 0.3) is 0 Å². The standard InChI is InChI=1S/C25H23F7N2O2/c1-4-9-36-23(3,5-2)13-15-14-34(20-8-6-7-19(26)21(15)20)22(35)33-18-11-16(24(27,28)29)10-17(12-18)25(30,31)32/h4,6-12,14H,5,13H2,1-3H3,(H,33,35). The largest absolute Gasteiger partial charge is 0.495 e. The number of ether oxygens (including phenoxy) is 1. The first-order chi connectivity index (χ1) is 16.7. The molecule has 1 heterocycles. The maximum atomic E-state index is 14.8. The highest BCUT2D eigenvalue weighted by Gasteiger charge is 2.37. The van der Waals surface area contributed by atoms with Crippen molar-refractivity contribution in [3.63, 3.8) is 0 Å². The van der Waals surface area contributed by atoms with Crippen LogP contribution in [0.1, 0.15) is 43.9 Å². The highest BCUT2D eigenvalue weighted by molar-refractivity contribution is 6.00. The monoisotopic (exact) mass is 516 g/mol. The summed E-state index contributed by atoms with van der Waals surface area (Å²) in [7, 11) is 0. The molecule has 0 saturated heterocycles. The van der Waals surface area contributed by atoms with Crippen LogP contribution in [0.3, 0.4) is 0 Å². The fourth-order valence-electron chi connectivity index (χ4n) is 3.72. The second-order valence-corrected chi connectivity index (χ2v) is 8.45. The number of fused-ring (bicyclic) bond motifs is 1. The molecule has 0 bridgehead atoms. The topological polar surface area (TPSA) is 43.3 Å². The van der Waals surface area contributed by atoms with Gasteiger partial charge in [0.15, 0.2) is 0 Å². The molecule has 1 aromatic heterocycles.